The number of halogens is 1. The number of ether oxygens (including phenoxy) is 1. The van der Waals surface area contributed by atoms with Gasteiger partial charge in [0.15, 0.2) is 5.75 Å². The number of benzene rings is 3. The van der Waals surface area contributed by atoms with E-state index in [0.29, 0.717) is 23.2 Å². The minimum absolute atomic E-state index is 0.314. The zero-order valence-corrected chi connectivity index (χ0v) is 15.8. The number of aromatic nitrogens is 2. The van der Waals surface area contributed by atoms with Crippen molar-refractivity contribution in [3.8, 4) is 11.5 Å². The molecule has 0 atom stereocenters. The van der Waals surface area contributed by atoms with Crippen LogP contribution in [0, 0.1) is 12.7 Å². The third-order valence-corrected chi connectivity index (χ3v) is 4.06. The van der Waals surface area contributed by atoms with E-state index in [2.05, 4.69) is 20.6 Å². The molecule has 2 N–H and O–H groups in total. The van der Waals surface area contributed by atoms with Crippen molar-refractivity contribution in [2.24, 2.45) is 0 Å². The van der Waals surface area contributed by atoms with Gasteiger partial charge in [-0.15, -0.1) is 0 Å². The highest BCUT2D eigenvalue weighted by Gasteiger charge is 2.08. The monoisotopic (exact) mass is 386 g/mol. The van der Waals surface area contributed by atoms with Crippen LogP contribution in [0.15, 0.2) is 84.9 Å². The van der Waals surface area contributed by atoms with Crippen molar-refractivity contribution in [3.05, 3.63) is 96.4 Å². The number of anilines is 4. The molecule has 0 unspecified atom stereocenters. The summed E-state index contributed by atoms with van der Waals surface area (Å²) in [6, 6.07) is 25.1. The molecule has 29 heavy (non-hydrogen) atoms. The van der Waals surface area contributed by atoms with Crippen molar-refractivity contribution in [2.75, 3.05) is 10.6 Å². The van der Waals surface area contributed by atoms with Crippen molar-refractivity contribution in [1.29, 1.82) is 0 Å². The van der Waals surface area contributed by atoms with E-state index in [1.165, 1.54) is 12.1 Å². The van der Waals surface area contributed by atoms with E-state index in [-0.39, 0.29) is 5.82 Å². The average molecular weight is 386 g/mol. The van der Waals surface area contributed by atoms with Gasteiger partial charge in [-0.25, -0.2) is 9.37 Å². The quantitative estimate of drug-likeness (QED) is 0.413. The summed E-state index contributed by atoms with van der Waals surface area (Å²) in [5.41, 5.74) is 2.11. The molecular formula is C23H19FN4O. The van der Waals surface area contributed by atoms with E-state index < -0.39 is 0 Å². The highest BCUT2D eigenvalue weighted by atomic mass is 19.1. The number of para-hydroxylation sites is 3. The molecule has 5 nitrogen and oxygen atoms in total. The molecule has 144 valence electrons. The molecule has 4 rings (SSSR count). The zero-order valence-electron chi connectivity index (χ0n) is 15.8. The molecule has 0 bridgehead atoms. The standard InChI is InChI=1S/C23H19FN4O/c1-16-14-22(26-18-9-7-8-17(24)15-18)28-23(25-16)27-20-12-5-6-13-21(20)29-19-10-3-2-4-11-19/h2-15H,1H3,(H2,25,26,27,28). The molecule has 1 heterocycles. The molecule has 0 saturated heterocycles. The van der Waals surface area contributed by atoms with Crippen molar-refractivity contribution < 1.29 is 9.13 Å². The van der Waals surface area contributed by atoms with Crippen molar-refractivity contribution in [2.45, 2.75) is 6.92 Å². The van der Waals surface area contributed by atoms with Crippen LogP contribution in [0.25, 0.3) is 0 Å². The van der Waals surface area contributed by atoms with Gasteiger partial charge in [0.1, 0.15) is 17.4 Å². The molecule has 1 aromatic heterocycles. The smallest absolute Gasteiger partial charge is 0.229 e. The Morgan fingerprint density at radius 1 is 0.793 bits per heavy atom. The topological polar surface area (TPSA) is 59.1 Å². The molecule has 0 spiro atoms. The van der Waals surface area contributed by atoms with Gasteiger partial charge in [-0.1, -0.05) is 36.4 Å². The lowest BCUT2D eigenvalue weighted by Gasteiger charge is -2.13. The van der Waals surface area contributed by atoms with Gasteiger partial charge in [-0.05, 0) is 49.4 Å². The van der Waals surface area contributed by atoms with Crippen LogP contribution in [0.4, 0.5) is 27.5 Å². The number of nitrogens with one attached hydrogen (secondary N) is 2. The van der Waals surface area contributed by atoms with Crippen LogP contribution in [0.3, 0.4) is 0 Å². The largest absolute Gasteiger partial charge is 0.455 e. The lowest BCUT2D eigenvalue weighted by Crippen LogP contribution is -2.03. The molecule has 0 aliphatic rings. The number of hydrogen-bond donors (Lipinski definition) is 2. The van der Waals surface area contributed by atoms with Gasteiger partial charge in [0.2, 0.25) is 5.95 Å². The Labute approximate surface area is 168 Å². The first-order valence-corrected chi connectivity index (χ1v) is 9.13. The van der Waals surface area contributed by atoms with Gasteiger partial charge in [0, 0.05) is 17.4 Å². The minimum atomic E-state index is -0.314. The maximum atomic E-state index is 13.4. The Morgan fingerprint density at radius 3 is 2.41 bits per heavy atom. The molecule has 0 aliphatic heterocycles. The summed E-state index contributed by atoms with van der Waals surface area (Å²) in [7, 11) is 0. The normalized spacial score (nSPS) is 10.4. The second-order valence-corrected chi connectivity index (χ2v) is 6.39. The van der Waals surface area contributed by atoms with Crippen LogP contribution in [0.5, 0.6) is 11.5 Å². The first kappa shape index (κ1) is 18.4. The van der Waals surface area contributed by atoms with Gasteiger partial charge < -0.3 is 15.4 Å². The van der Waals surface area contributed by atoms with E-state index in [4.69, 9.17) is 4.74 Å². The van der Waals surface area contributed by atoms with E-state index in [0.717, 1.165) is 17.1 Å². The van der Waals surface area contributed by atoms with Crippen LogP contribution in [0.2, 0.25) is 0 Å². The fourth-order valence-corrected chi connectivity index (χ4v) is 2.80. The average Bonchev–Trinajstić information content (AvgIpc) is 2.70. The predicted octanol–water partition coefficient (Wildman–Crippen LogP) is 6.20. The van der Waals surface area contributed by atoms with Crippen LogP contribution in [0.1, 0.15) is 5.69 Å². The van der Waals surface area contributed by atoms with Crippen molar-refractivity contribution >= 4 is 23.1 Å². The minimum Gasteiger partial charge on any atom is -0.455 e. The summed E-state index contributed by atoms with van der Waals surface area (Å²) >= 11 is 0. The Morgan fingerprint density at radius 2 is 1.59 bits per heavy atom. The van der Waals surface area contributed by atoms with Crippen LogP contribution in [-0.2, 0) is 0 Å². The van der Waals surface area contributed by atoms with E-state index in [1.807, 2.05) is 61.5 Å². The highest BCUT2D eigenvalue weighted by molar-refractivity contribution is 5.65. The first-order chi connectivity index (χ1) is 14.2. The van der Waals surface area contributed by atoms with Crippen LogP contribution < -0.4 is 15.4 Å². The van der Waals surface area contributed by atoms with Gasteiger partial charge in [0.05, 0.1) is 5.69 Å². The maximum absolute atomic E-state index is 13.4. The van der Waals surface area contributed by atoms with Gasteiger partial charge >= 0.3 is 0 Å². The van der Waals surface area contributed by atoms with Gasteiger partial charge in [0.25, 0.3) is 0 Å². The Balaban J connectivity index is 1.58. The SMILES string of the molecule is Cc1cc(Nc2cccc(F)c2)nc(Nc2ccccc2Oc2ccccc2)n1. The Hall–Kier alpha value is -3.93. The van der Waals surface area contributed by atoms with E-state index in [1.54, 1.807) is 18.2 Å². The number of nitrogens with zero attached hydrogens (tertiary/aromatic N) is 2. The molecule has 0 aliphatic carbocycles. The fraction of sp³-hybridized carbons (Fsp3) is 0.0435. The second-order valence-electron chi connectivity index (χ2n) is 6.39. The van der Waals surface area contributed by atoms with Crippen LogP contribution in [-0.4, -0.2) is 9.97 Å². The van der Waals surface area contributed by atoms with Gasteiger partial charge in [-0.2, -0.15) is 4.98 Å². The fourth-order valence-electron chi connectivity index (χ4n) is 2.80. The van der Waals surface area contributed by atoms with Gasteiger partial charge in [-0.3, -0.25) is 0 Å². The second kappa shape index (κ2) is 8.39. The van der Waals surface area contributed by atoms with E-state index in [9.17, 15) is 4.39 Å². The molecule has 0 radical (unpaired) electrons. The summed E-state index contributed by atoms with van der Waals surface area (Å²) in [5, 5.41) is 6.31. The van der Waals surface area contributed by atoms with E-state index >= 15 is 0 Å². The Bertz CT molecular complexity index is 1120. The number of aryl methyl sites for hydroxylation is 1. The molecule has 0 amide bonds. The zero-order chi connectivity index (χ0) is 20.1. The number of hydrogen-bond acceptors (Lipinski definition) is 5. The molecular weight excluding hydrogens is 367 g/mol. The molecule has 4 aromatic rings. The molecule has 3 aromatic carbocycles. The molecule has 0 fully saturated rings. The summed E-state index contributed by atoms with van der Waals surface area (Å²) < 4.78 is 19.4. The van der Waals surface area contributed by atoms with Crippen LogP contribution >= 0.6 is 0 Å². The molecule has 6 heteroatoms. The Kier molecular flexibility index (Phi) is 5.33. The third-order valence-electron chi connectivity index (χ3n) is 4.06. The maximum Gasteiger partial charge on any atom is 0.229 e. The summed E-state index contributed by atoms with van der Waals surface area (Å²) in [5.74, 6) is 2.05. The van der Waals surface area contributed by atoms with Crippen molar-refractivity contribution in [1.82, 2.24) is 9.97 Å². The summed E-state index contributed by atoms with van der Waals surface area (Å²) in [6.07, 6.45) is 0. The summed E-state index contributed by atoms with van der Waals surface area (Å²) in [6.45, 7) is 1.87. The lowest BCUT2D eigenvalue weighted by molar-refractivity contribution is 0.485. The lowest BCUT2D eigenvalue weighted by atomic mass is 10.3. The predicted molar refractivity (Wildman–Crippen MR) is 113 cm³/mol. The first-order valence-electron chi connectivity index (χ1n) is 9.13. The van der Waals surface area contributed by atoms with Crippen molar-refractivity contribution in [3.63, 3.8) is 0 Å². The number of rotatable bonds is 6. The highest BCUT2D eigenvalue weighted by Crippen LogP contribution is 2.31. The third kappa shape index (κ3) is 4.87. The molecule has 0 saturated carbocycles. The summed E-state index contributed by atoms with van der Waals surface area (Å²) in [4.78, 5) is 8.94.